The Balaban J connectivity index is 2.18. The molecular weight excluding hydrogens is 142 g/mol. The van der Waals surface area contributed by atoms with Gasteiger partial charge in [0.15, 0.2) is 0 Å². The standard InChI is InChI=1S/C8H11NO2/c9-8(11)6-2-4-1-5(6)7(10)3-4/h4-6H,1-3H2,(H2,9,11)/t4-,5-,6-/m0/s1. The Labute approximate surface area is 64.9 Å². The zero-order valence-electron chi connectivity index (χ0n) is 6.25. The van der Waals surface area contributed by atoms with Crippen molar-refractivity contribution in [1.82, 2.24) is 0 Å². The number of hydrogen-bond donors (Lipinski definition) is 1. The average Bonchev–Trinajstić information content (AvgIpc) is 2.43. The Hall–Kier alpha value is -0.860. The molecule has 3 atom stereocenters. The van der Waals surface area contributed by atoms with Gasteiger partial charge in [-0.15, -0.1) is 0 Å². The van der Waals surface area contributed by atoms with Crippen molar-refractivity contribution in [3.63, 3.8) is 0 Å². The number of carbonyl (C=O) groups is 2. The van der Waals surface area contributed by atoms with E-state index >= 15 is 0 Å². The second-order valence-corrected chi connectivity index (χ2v) is 3.62. The summed E-state index contributed by atoms with van der Waals surface area (Å²) in [6.07, 6.45) is 2.45. The second kappa shape index (κ2) is 2.06. The minimum absolute atomic E-state index is 0.0162. The van der Waals surface area contributed by atoms with E-state index in [4.69, 9.17) is 5.73 Å². The molecule has 0 heterocycles. The summed E-state index contributed by atoms with van der Waals surface area (Å²) < 4.78 is 0. The predicted octanol–water partition coefficient (Wildman–Crippen LogP) is 0.0869. The van der Waals surface area contributed by atoms with Crippen LogP contribution >= 0.6 is 0 Å². The van der Waals surface area contributed by atoms with E-state index in [1.807, 2.05) is 0 Å². The highest BCUT2D eigenvalue weighted by atomic mass is 16.1. The summed E-state index contributed by atoms with van der Waals surface area (Å²) in [5.74, 6) is 0.277. The Bertz CT molecular complexity index is 224. The molecule has 2 N–H and O–H groups in total. The number of rotatable bonds is 1. The molecule has 2 rings (SSSR count). The second-order valence-electron chi connectivity index (χ2n) is 3.62. The molecule has 11 heavy (non-hydrogen) atoms. The van der Waals surface area contributed by atoms with Crippen LogP contribution in [0.4, 0.5) is 0 Å². The molecule has 3 heteroatoms. The molecule has 60 valence electrons. The van der Waals surface area contributed by atoms with Crippen LogP contribution in [0.3, 0.4) is 0 Å². The third-order valence-corrected chi connectivity index (χ3v) is 2.93. The highest BCUT2D eigenvalue weighted by Crippen LogP contribution is 2.45. The molecule has 0 saturated heterocycles. The molecule has 2 fully saturated rings. The van der Waals surface area contributed by atoms with Gasteiger partial charge in [0.25, 0.3) is 0 Å². The molecular formula is C8H11NO2. The fourth-order valence-corrected chi connectivity index (χ4v) is 2.42. The first-order chi connectivity index (χ1) is 5.18. The summed E-state index contributed by atoms with van der Waals surface area (Å²) in [5.41, 5.74) is 5.16. The van der Waals surface area contributed by atoms with Gasteiger partial charge in [-0.1, -0.05) is 0 Å². The van der Waals surface area contributed by atoms with Crippen LogP contribution in [0.1, 0.15) is 19.3 Å². The van der Waals surface area contributed by atoms with Gasteiger partial charge in [0.05, 0.1) is 0 Å². The van der Waals surface area contributed by atoms with Crippen molar-refractivity contribution >= 4 is 11.7 Å². The Morgan fingerprint density at radius 3 is 2.55 bits per heavy atom. The molecule has 0 radical (unpaired) electrons. The van der Waals surface area contributed by atoms with Crippen molar-refractivity contribution in [2.24, 2.45) is 23.5 Å². The SMILES string of the molecule is NC(=O)[C@H]1C[C@H]2CC(=O)[C@H]1C2. The molecule has 3 nitrogen and oxygen atoms in total. The maximum Gasteiger partial charge on any atom is 0.221 e. The van der Waals surface area contributed by atoms with E-state index in [2.05, 4.69) is 0 Å². The van der Waals surface area contributed by atoms with Crippen LogP contribution in [0.2, 0.25) is 0 Å². The van der Waals surface area contributed by atoms with Crippen molar-refractivity contribution in [1.29, 1.82) is 0 Å². The first kappa shape index (κ1) is 6.83. The Kier molecular flexibility index (Phi) is 1.28. The van der Waals surface area contributed by atoms with Gasteiger partial charge in [0.2, 0.25) is 5.91 Å². The number of primary amides is 1. The lowest BCUT2D eigenvalue weighted by molar-refractivity contribution is -0.131. The number of Topliss-reactive ketones (excluding diaryl/α,β-unsaturated/α-hetero) is 1. The van der Waals surface area contributed by atoms with Gasteiger partial charge < -0.3 is 5.73 Å². The van der Waals surface area contributed by atoms with Crippen LogP contribution in [0.5, 0.6) is 0 Å². The first-order valence-electron chi connectivity index (χ1n) is 4.00. The van der Waals surface area contributed by atoms with Crippen molar-refractivity contribution in [2.45, 2.75) is 19.3 Å². The highest BCUT2D eigenvalue weighted by molar-refractivity contribution is 5.91. The zero-order chi connectivity index (χ0) is 8.01. The lowest BCUT2D eigenvalue weighted by Gasteiger charge is -2.16. The smallest absolute Gasteiger partial charge is 0.221 e. The van der Waals surface area contributed by atoms with Crippen molar-refractivity contribution in [3.8, 4) is 0 Å². The largest absolute Gasteiger partial charge is 0.369 e. The maximum atomic E-state index is 11.1. The molecule has 2 saturated carbocycles. The summed E-state index contributed by atoms with van der Waals surface area (Å²) >= 11 is 0. The quantitative estimate of drug-likeness (QED) is 0.580. The maximum absolute atomic E-state index is 11.1. The number of ketones is 1. The van der Waals surface area contributed by atoms with Crippen LogP contribution in [-0.2, 0) is 9.59 Å². The van der Waals surface area contributed by atoms with Crippen molar-refractivity contribution < 1.29 is 9.59 Å². The molecule has 0 aromatic heterocycles. The molecule has 0 spiro atoms. The van der Waals surface area contributed by atoms with Crippen molar-refractivity contribution in [2.75, 3.05) is 0 Å². The molecule has 0 aliphatic heterocycles. The van der Waals surface area contributed by atoms with Gasteiger partial charge >= 0.3 is 0 Å². The minimum atomic E-state index is -0.287. The van der Waals surface area contributed by atoms with Gasteiger partial charge in [0.1, 0.15) is 5.78 Å². The molecule has 2 aliphatic carbocycles. The number of amides is 1. The Morgan fingerprint density at radius 1 is 1.45 bits per heavy atom. The van der Waals surface area contributed by atoms with Gasteiger partial charge in [-0.05, 0) is 18.8 Å². The highest BCUT2D eigenvalue weighted by Gasteiger charge is 2.47. The summed E-state index contributed by atoms with van der Waals surface area (Å²) in [7, 11) is 0. The molecule has 0 aromatic carbocycles. The van der Waals surface area contributed by atoms with E-state index in [0.29, 0.717) is 12.3 Å². The van der Waals surface area contributed by atoms with Gasteiger partial charge in [-0.3, -0.25) is 9.59 Å². The number of hydrogen-bond acceptors (Lipinski definition) is 2. The Morgan fingerprint density at radius 2 is 2.18 bits per heavy atom. The van der Waals surface area contributed by atoms with Crippen LogP contribution in [0.15, 0.2) is 0 Å². The van der Waals surface area contributed by atoms with Crippen LogP contribution in [-0.4, -0.2) is 11.7 Å². The third-order valence-electron chi connectivity index (χ3n) is 2.93. The van der Waals surface area contributed by atoms with E-state index in [-0.39, 0.29) is 23.5 Å². The molecule has 2 aliphatic rings. The van der Waals surface area contributed by atoms with Crippen LogP contribution in [0, 0.1) is 17.8 Å². The van der Waals surface area contributed by atoms with Crippen LogP contribution in [0.25, 0.3) is 0 Å². The topological polar surface area (TPSA) is 60.2 Å². The summed E-state index contributed by atoms with van der Waals surface area (Å²) in [5, 5.41) is 0. The normalized spacial score (nSPS) is 41.5. The molecule has 1 amide bonds. The first-order valence-corrected chi connectivity index (χ1v) is 4.00. The summed E-state index contributed by atoms with van der Waals surface area (Å²) in [6.45, 7) is 0. The van der Waals surface area contributed by atoms with E-state index in [9.17, 15) is 9.59 Å². The van der Waals surface area contributed by atoms with Gasteiger partial charge in [-0.2, -0.15) is 0 Å². The molecule has 0 aromatic rings. The van der Waals surface area contributed by atoms with E-state index in [0.717, 1.165) is 12.8 Å². The molecule has 0 unspecified atom stereocenters. The average molecular weight is 153 g/mol. The van der Waals surface area contributed by atoms with Gasteiger partial charge in [0, 0.05) is 18.3 Å². The van der Waals surface area contributed by atoms with E-state index in [1.165, 1.54) is 0 Å². The zero-order valence-corrected chi connectivity index (χ0v) is 6.25. The summed E-state index contributed by atoms with van der Waals surface area (Å²) in [6, 6.07) is 0. The van der Waals surface area contributed by atoms with Gasteiger partial charge in [-0.25, -0.2) is 0 Å². The monoisotopic (exact) mass is 153 g/mol. The third kappa shape index (κ3) is 0.870. The summed E-state index contributed by atoms with van der Waals surface area (Å²) in [4.78, 5) is 21.9. The van der Waals surface area contributed by atoms with E-state index < -0.39 is 0 Å². The fourth-order valence-electron chi connectivity index (χ4n) is 2.42. The lowest BCUT2D eigenvalue weighted by atomic mass is 9.87. The number of carbonyl (C=O) groups excluding carboxylic acids is 2. The van der Waals surface area contributed by atoms with Crippen LogP contribution < -0.4 is 5.73 Å². The fraction of sp³-hybridized carbons (Fsp3) is 0.750. The minimum Gasteiger partial charge on any atom is -0.369 e. The lowest BCUT2D eigenvalue weighted by Crippen LogP contribution is -2.31. The molecule has 2 bridgehead atoms. The van der Waals surface area contributed by atoms with Crippen molar-refractivity contribution in [3.05, 3.63) is 0 Å². The van der Waals surface area contributed by atoms with E-state index in [1.54, 1.807) is 0 Å². The predicted molar refractivity (Wildman–Crippen MR) is 38.5 cm³/mol. The number of nitrogens with two attached hydrogens (primary N) is 1. The number of fused-ring (bicyclic) bond motifs is 2.